The van der Waals surface area contributed by atoms with Crippen LogP contribution in [0.3, 0.4) is 0 Å². The second kappa shape index (κ2) is 5.40. The summed E-state index contributed by atoms with van der Waals surface area (Å²) in [6, 6.07) is 6.95. The molecule has 2 aromatic rings. The van der Waals surface area contributed by atoms with Gasteiger partial charge in [-0.05, 0) is 36.2 Å². The van der Waals surface area contributed by atoms with Crippen LogP contribution >= 0.6 is 0 Å². The zero-order valence-electron chi connectivity index (χ0n) is 10.8. The molecule has 3 nitrogen and oxygen atoms in total. The summed E-state index contributed by atoms with van der Waals surface area (Å²) in [6.07, 6.45) is -2.83. The van der Waals surface area contributed by atoms with Crippen LogP contribution in [-0.4, -0.2) is 4.98 Å². The minimum Gasteiger partial charge on any atom is -0.397 e. The molecule has 1 heterocycles. The van der Waals surface area contributed by atoms with E-state index in [1.165, 1.54) is 12.3 Å². The number of aryl methyl sites for hydroxylation is 1. The second-order valence-corrected chi connectivity index (χ2v) is 4.49. The second-order valence-electron chi connectivity index (χ2n) is 4.49. The highest BCUT2D eigenvalue weighted by Crippen LogP contribution is 2.29. The summed E-state index contributed by atoms with van der Waals surface area (Å²) in [5.41, 5.74) is 6.87. The van der Waals surface area contributed by atoms with Crippen LogP contribution in [0.1, 0.15) is 16.7 Å². The average Bonchev–Trinajstić information content (AvgIpc) is 2.37. The van der Waals surface area contributed by atoms with E-state index in [0.29, 0.717) is 17.1 Å². The maximum atomic E-state index is 12.6. The predicted octanol–water partition coefficient (Wildman–Crippen LogP) is 3.60. The van der Waals surface area contributed by atoms with E-state index in [-0.39, 0.29) is 6.54 Å². The molecule has 0 aliphatic carbocycles. The predicted molar refractivity (Wildman–Crippen MR) is 72.2 cm³/mol. The van der Waals surface area contributed by atoms with Crippen molar-refractivity contribution < 1.29 is 13.2 Å². The first kappa shape index (κ1) is 14.2. The third-order valence-electron chi connectivity index (χ3n) is 2.81. The van der Waals surface area contributed by atoms with Gasteiger partial charge in [0.15, 0.2) is 0 Å². The van der Waals surface area contributed by atoms with Gasteiger partial charge >= 0.3 is 6.18 Å². The molecular formula is C14H14F3N3. The first-order valence-corrected chi connectivity index (χ1v) is 5.98. The minimum absolute atomic E-state index is 0.266. The Morgan fingerprint density at radius 2 is 2.00 bits per heavy atom. The molecule has 2 rings (SSSR count). The van der Waals surface area contributed by atoms with Gasteiger partial charge in [0.1, 0.15) is 5.82 Å². The molecule has 0 aliphatic heterocycles. The Hall–Kier alpha value is -2.24. The Morgan fingerprint density at radius 3 is 2.65 bits per heavy atom. The van der Waals surface area contributed by atoms with Gasteiger partial charge in [-0.2, -0.15) is 13.2 Å². The van der Waals surface area contributed by atoms with Crippen molar-refractivity contribution in [2.45, 2.75) is 19.6 Å². The number of pyridine rings is 1. The summed E-state index contributed by atoms with van der Waals surface area (Å²) in [4.78, 5) is 4.11. The van der Waals surface area contributed by atoms with E-state index in [0.717, 1.165) is 17.7 Å². The maximum Gasteiger partial charge on any atom is 0.416 e. The number of aromatic nitrogens is 1. The fraction of sp³-hybridized carbons (Fsp3) is 0.214. The number of benzene rings is 1. The molecule has 0 atom stereocenters. The lowest BCUT2D eigenvalue weighted by Crippen LogP contribution is -2.08. The summed E-state index contributed by atoms with van der Waals surface area (Å²) in [5.74, 6) is 0.608. The van der Waals surface area contributed by atoms with Crippen molar-refractivity contribution in [2.75, 3.05) is 11.1 Å². The van der Waals surface area contributed by atoms with Crippen LogP contribution in [0, 0.1) is 6.92 Å². The first-order chi connectivity index (χ1) is 9.36. The Balaban J connectivity index is 2.11. The lowest BCUT2D eigenvalue weighted by Gasteiger charge is -2.11. The highest BCUT2D eigenvalue weighted by molar-refractivity contribution is 5.51. The lowest BCUT2D eigenvalue weighted by molar-refractivity contribution is -0.137. The summed E-state index contributed by atoms with van der Waals surface area (Å²) in [7, 11) is 0. The number of nitrogens with two attached hydrogens (primary N) is 1. The lowest BCUT2D eigenvalue weighted by atomic mass is 10.1. The van der Waals surface area contributed by atoms with Gasteiger partial charge in [-0.25, -0.2) is 4.98 Å². The van der Waals surface area contributed by atoms with Gasteiger partial charge in [-0.15, -0.1) is 0 Å². The monoisotopic (exact) mass is 281 g/mol. The Labute approximate surface area is 114 Å². The van der Waals surface area contributed by atoms with Crippen LogP contribution in [-0.2, 0) is 12.7 Å². The topological polar surface area (TPSA) is 50.9 Å². The summed E-state index contributed by atoms with van der Waals surface area (Å²) < 4.78 is 37.8. The number of halogens is 3. The smallest absolute Gasteiger partial charge is 0.397 e. The molecule has 20 heavy (non-hydrogen) atoms. The number of anilines is 2. The number of nitrogen functional groups attached to an aromatic ring is 1. The molecule has 0 spiro atoms. The molecule has 3 N–H and O–H groups in total. The molecule has 0 fully saturated rings. The fourth-order valence-corrected chi connectivity index (χ4v) is 1.82. The normalized spacial score (nSPS) is 11.4. The molecule has 1 aromatic carbocycles. The molecule has 1 aromatic heterocycles. The number of rotatable bonds is 3. The molecule has 0 aliphatic rings. The molecule has 0 radical (unpaired) electrons. The van der Waals surface area contributed by atoms with Crippen molar-refractivity contribution in [1.82, 2.24) is 4.98 Å². The highest BCUT2D eigenvalue weighted by atomic mass is 19.4. The number of hydrogen-bond donors (Lipinski definition) is 2. The van der Waals surface area contributed by atoms with Crippen molar-refractivity contribution in [2.24, 2.45) is 0 Å². The number of nitrogens with zero attached hydrogens (tertiary/aromatic N) is 1. The van der Waals surface area contributed by atoms with E-state index < -0.39 is 11.7 Å². The molecular weight excluding hydrogens is 267 g/mol. The van der Waals surface area contributed by atoms with Gasteiger partial charge in [-0.3, -0.25) is 0 Å². The van der Waals surface area contributed by atoms with E-state index >= 15 is 0 Å². The quantitative estimate of drug-likeness (QED) is 0.903. The molecule has 0 amide bonds. The first-order valence-electron chi connectivity index (χ1n) is 5.98. The van der Waals surface area contributed by atoms with Crippen LogP contribution < -0.4 is 11.1 Å². The molecule has 106 valence electrons. The van der Waals surface area contributed by atoms with Gasteiger partial charge in [0.25, 0.3) is 0 Å². The van der Waals surface area contributed by atoms with E-state index in [2.05, 4.69) is 10.3 Å². The Bertz CT molecular complexity index is 609. The van der Waals surface area contributed by atoms with Crippen LogP contribution in [0.25, 0.3) is 0 Å². The van der Waals surface area contributed by atoms with Crippen LogP contribution in [0.4, 0.5) is 24.7 Å². The van der Waals surface area contributed by atoms with Crippen LogP contribution in [0.15, 0.2) is 36.5 Å². The van der Waals surface area contributed by atoms with Gasteiger partial charge in [0, 0.05) is 6.54 Å². The van der Waals surface area contributed by atoms with Crippen molar-refractivity contribution in [1.29, 1.82) is 0 Å². The minimum atomic E-state index is -4.33. The Morgan fingerprint density at radius 1 is 1.25 bits per heavy atom. The van der Waals surface area contributed by atoms with E-state index in [4.69, 9.17) is 5.73 Å². The summed E-state index contributed by atoms with van der Waals surface area (Å²) >= 11 is 0. The Kier molecular flexibility index (Phi) is 3.83. The average molecular weight is 281 g/mol. The fourth-order valence-electron chi connectivity index (χ4n) is 1.82. The zero-order valence-corrected chi connectivity index (χ0v) is 10.8. The zero-order chi connectivity index (χ0) is 14.8. The van der Waals surface area contributed by atoms with Crippen molar-refractivity contribution in [3.63, 3.8) is 0 Å². The van der Waals surface area contributed by atoms with Gasteiger partial charge in [0.05, 0.1) is 17.4 Å². The molecule has 0 saturated heterocycles. The molecule has 0 bridgehead atoms. The van der Waals surface area contributed by atoms with Crippen molar-refractivity contribution >= 4 is 11.5 Å². The largest absolute Gasteiger partial charge is 0.416 e. The summed E-state index contributed by atoms with van der Waals surface area (Å²) in [5, 5.41) is 3.00. The van der Waals surface area contributed by atoms with Crippen molar-refractivity contribution in [3.8, 4) is 0 Å². The van der Waals surface area contributed by atoms with E-state index in [1.54, 1.807) is 12.1 Å². The van der Waals surface area contributed by atoms with Crippen LogP contribution in [0.2, 0.25) is 0 Å². The van der Waals surface area contributed by atoms with Gasteiger partial charge < -0.3 is 11.1 Å². The standard InChI is InChI=1S/C14H14F3N3/c1-9-5-12(18)8-20-13(9)19-7-10-3-2-4-11(6-10)14(15,16)17/h2-6,8H,7,18H2,1H3,(H,19,20). The molecule has 0 unspecified atom stereocenters. The summed E-state index contributed by atoms with van der Waals surface area (Å²) in [6.45, 7) is 2.10. The van der Waals surface area contributed by atoms with Gasteiger partial charge in [0.2, 0.25) is 0 Å². The molecule has 0 saturated carbocycles. The maximum absolute atomic E-state index is 12.6. The number of alkyl halides is 3. The number of nitrogens with one attached hydrogen (secondary N) is 1. The highest BCUT2D eigenvalue weighted by Gasteiger charge is 2.30. The molecule has 6 heteroatoms. The van der Waals surface area contributed by atoms with Crippen molar-refractivity contribution in [3.05, 3.63) is 53.2 Å². The van der Waals surface area contributed by atoms with Crippen LogP contribution in [0.5, 0.6) is 0 Å². The van der Waals surface area contributed by atoms with E-state index in [9.17, 15) is 13.2 Å². The van der Waals surface area contributed by atoms with Gasteiger partial charge in [-0.1, -0.05) is 12.1 Å². The third-order valence-corrected chi connectivity index (χ3v) is 2.81. The number of hydrogen-bond acceptors (Lipinski definition) is 3. The van der Waals surface area contributed by atoms with E-state index in [1.807, 2.05) is 6.92 Å². The third kappa shape index (κ3) is 3.40. The SMILES string of the molecule is Cc1cc(N)cnc1NCc1cccc(C(F)(F)F)c1.